The molecule has 2 aromatic carbocycles. The summed E-state index contributed by atoms with van der Waals surface area (Å²) in [5, 5.41) is 12.6. The summed E-state index contributed by atoms with van der Waals surface area (Å²) < 4.78 is 1.89. The van der Waals surface area contributed by atoms with E-state index in [4.69, 9.17) is 11.6 Å². The minimum absolute atomic E-state index is 0.116. The van der Waals surface area contributed by atoms with Crippen LogP contribution in [0.2, 0.25) is 5.02 Å². The third-order valence-electron chi connectivity index (χ3n) is 3.93. The van der Waals surface area contributed by atoms with Crippen molar-refractivity contribution in [3.05, 3.63) is 58.6 Å². The first-order chi connectivity index (χ1) is 12.4. The van der Waals surface area contributed by atoms with Gasteiger partial charge in [-0.25, -0.2) is 0 Å². The average Bonchev–Trinajstić information content (AvgIpc) is 2.98. The zero-order valence-electron chi connectivity index (χ0n) is 14.8. The highest BCUT2D eigenvalue weighted by atomic mass is 35.5. The number of carbonyl (C=O) groups excluding carboxylic acids is 1. The second kappa shape index (κ2) is 7.93. The van der Waals surface area contributed by atoms with Gasteiger partial charge in [0.1, 0.15) is 0 Å². The Balaban J connectivity index is 1.63. The normalized spacial score (nSPS) is 10.8. The lowest BCUT2D eigenvalue weighted by Crippen LogP contribution is -2.14. The van der Waals surface area contributed by atoms with E-state index in [0.717, 1.165) is 17.0 Å². The van der Waals surface area contributed by atoms with Crippen molar-refractivity contribution >= 4 is 35.0 Å². The molecule has 0 aliphatic rings. The number of amides is 1. The van der Waals surface area contributed by atoms with Gasteiger partial charge in [0.2, 0.25) is 5.91 Å². The summed E-state index contributed by atoms with van der Waals surface area (Å²) in [6.45, 7) is 3.96. The molecule has 3 aromatic rings. The number of hydrogen-bond acceptors (Lipinski definition) is 4. The summed E-state index contributed by atoms with van der Waals surface area (Å²) in [6.07, 6.45) is 0. The van der Waals surface area contributed by atoms with E-state index in [0.29, 0.717) is 15.9 Å². The first-order valence-corrected chi connectivity index (χ1v) is 9.45. The van der Waals surface area contributed by atoms with Crippen molar-refractivity contribution in [1.82, 2.24) is 14.8 Å². The van der Waals surface area contributed by atoms with Crippen molar-refractivity contribution in [2.75, 3.05) is 11.1 Å². The van der Waals surface area contributed by atoms with E-state index in [9.17, 15) is 4.79 Å². The van der Waals surface area contributed by atoms with Gasteiger partial charge in [-0.2, -0.15) is 0 Å². The van der Waals surface area contributed by atoms with E-state index in [-0.39, 0.29) is 11.7 Å². The maximum Gasteiger partial charge on any atom is 0.234 e. The van der Waals surface area contributed by atoms with E-state index in [1.54, 1.807) is 6.07 Å². The van der Waals surface area contributed by atoms with Crippen molar-refractivity contribution in [3.63, 3.8) is 0 Å². The van der Waals surface area contributed by atoms with Crippen LogP contribution < -0.4 is 5.32 Å². The van der Waals surface area contributed by atoms with Gasteiger partial charge in [0.05, 0.1) is 5.75 Å². The van der Waals surface area contributed by atoms with Crippen LogP contribution in [0.3, 0.4) is 0 Å². The van der Waals surface area contributed by atoms with Crippen LogP contribution in [0.1, 0.15) is 11.1 Å². The van der Waals surface area contributed by atoms with Crippen LogP contribution in [0.15, 0.2) is 47.6 Å². The van der Waals surface area contributed by atoms with Gasteiger partial charge in [-0.3, -0.25) is 4.79 Å². The van der Waals surface area contributed by atoms with E-state index >= 15 is 0 Å². The average molecular weight is 387 g/mol. The number of benzene rings is 2. The van der Waals surface area contributed by atoms with Crippen molar-refractivity contribution in [2.45, 2.75) is 19.0 Å². The molecule has 1 N–H and O–H groups in total. The van der Waals surface area contributed by atoms with E-state index in [2.05, 4.69) is 15.5 Å². The molecule has 0 saturated carbocycles. The number of nitrogens with zero attached hydrogens (tertiary/aromatic N) is 3. The maximum atomic E-state index is 12.2. The maximum absolute atomic E-state index is 12.2. The molecule has 1 aromatic heterocycles. The molecule has 0 bridgehead atoms. The molecule has 0 saturated heterocycles. The van der Waals surface area contributed by atoms with E-state index in [1.165, 1.54) is 17.3 Å². The Kier molecular flexibility index (Phi) is 5.64. The molecule has 3 rings (SSSR count). The van der Waals surface area contributed by atoms with Crippen LogP contribution in [0, 0.1) is 13.8 Å². The smallest absolute Gasteiger partial charge is 0.234 e. The monoisotopic (exact) mass is 386 g/mol. The molecule has 0 atom stereocenters. The topological polar surface area (TPSA) is 59.8 Å². The highest BCUT2D eigenvalue weighted by molar-refractivity contribution is 7.99. The summed E-state index contributed by atoms with van der Waals surface area (Å²) in [5.41, 5.74) is 3.85. The van der Waals surface area contributed by atoms with Crippen molar-refractivity contribution in [2.24, 2.45) is 7.05 Å². The minimum Gasteiger partial charge on any atom is -0.325 e. The van der Waals surface area contributed by atoms with Crippen molar-refractivity contribution in [3.8, 4) is 11.4 Å². The fraction of sp³-hybridized carbons (Fsp3) is 0.211. The van der Waals surface area contributed by atoms with Crippen LogP contribution in [0.4, 0.5) is 5.69 Å². The molecule has 0 unspecified atom stereocenters. The first kappa shape index (κ1) is 18.5. The predicted octanol–water partition coefficient (Wildman–Crippen LogP) is 4.48. The molecule has 1 heterocycles. The molecule has 0 aliphatic heterocycles. The third-order valence-corrected chi connectivity index (χ3v) is 5.36. The summed E-state index contributed by atoms with van der Waals surface area (Å²) in [5.74, 6) is 0.902. The summed E-state index contributed by atoms with van der Waals surface area (Å²) in [4.78, 5) is 12.2. The Morgan fingerprint density at radius 3 is 2.58 bits per heavy atom. The number of halogens is 1. The standard InChI is InChI=1S/C19H19ClN4OS/c1-12-4-7-14(8-5-12)18-22-23-19(24(18)3)26-11-17(25)21-15-9-6-13(2)16(20)10-15/h4-10H,11H2,1-3H3,(H,21,25). The zero-order chi connectivity index (χ0) is 18.7. The predicted molar refractivity (Wildman–Crippen MR) is 107 cm³/mol. The Morgan fingerprint density at radius 1 is 1.15 bits per heavy atom. The first-order valence-electron chi connectivity index (χ1n) is 8.09. The lowest BCUT2D eigenvalue weighted by Gasteiger charge is -2.07. The van der Waals surface area contributed by atoms with Gasteiger partial charge in [0, 0.05) is 23.3 Å². The number of nitrogens with one attached hydrogen (secondary N) is 1. The number of aryl methyl sites for hydroxylation is 2. The van der Waals surface area contributed by atoms with Gasteiger partial charge in [-0.05, 0) is 31.5 Å². The fourth-order valence-electron chi connectivity index (χ4n) is 2.39. The molecule has 0 spiro atoms. The number of carbonyl (C=O) groups is 1. The molecule has 0 fully saturated rings. The van der Waals surface area contributed by atoms with Gasteiger partial charge in [0.15, 0.2) is 11.0 Å². The molecule has 7 heteroatoms. The fourth-order valence-corrected chi connectivity index (χ4v) is 3.28. The number of aromatic nitrogens is 3. The number of hydrogen-bond donors (Lipinski definition) is 1. The Morgan fingerprint density at radius 2 is 1.88 bits per heavy atom. The van der Waals surface area contributed by atoms with E-state index in [1.807, 2.05) is 61.9 Å². The second-order valence-electron chi connectivity index (χ2n) is 6.03. The second-order valence-corrected chi connectivity index (χ2v) is 7.38. The zero-order valence-corrected chi connectivity index (χ0v) is 16.4. The van der Waals surface area contributed by atoms with Crippen LogP contribution in [0.5, 0.6) is 0 Å². The van der Waals surface area contributed by atoms with Gasteiger partial charge < -0.3 is 9.88 Å². The van der Waals surface area contributed by atoms with Gasteiger partial charge >= 0.3 is 0 Å². The molecule has 1 amide bonds. The van der Waals surface area contributed by atoms with Crippen LogP contribution in [-0.4, -0.2) is 26.4 Å². The lowest BCUT2D eigenvalue weighted by molar-refractivity contribution is -0.113. The van der Waals surface area contributed by atoms with Crippen LogP contribution >= 0.6 is 23.4 Å². The minimum atomic E-state index is -0.116. The number of anilines is 1. The van der Waals surface area contributed by atoms with Crippen molar-refractivity contribution < 1.29 is 4.79 Å². The summed E-state index contributed by atoms with van der Waals surface area (Å²) in [6, 6.07) is 13.6. The van der Waals surface area contributed by atoms with Gasteiger partial charge in [-0.15, -0.1) is 10.2 Å². The highest BCUT2D eigenvalue weighted by Crippen LogP contribution is 2.24. The third kappa shape index (κ3) is 4.26. The Bertz CT molecular complexity index is 937. The van der Waals surface area contributed by atoms with E-state index < -0.39 is 0 Å². The lowest BCUT2D eigenvalue weighted by atomic mass is 10.1. The SMILES string of the molecule is Cc1ccc(-c2nnc(SCC(=O)Nc3ccc(C)c(Cl)c3)n2C)cc1. The molecule has 134 valence electrons. The van der Waals surface area contributed by atoms with Gasteiger partial charge in [-0.1, -0.05) is 59.3 Å². The number of thioether (sulfide) groups is 1. The molecule has 0 aliphatic carbocycles. The Labute approximate surface area is 161 Å². The Hall–Kier alpha value is -2.31. The molecule has 26 heavy (non-hydrogen) atoms. The quantitative estimate of drug-likeness (QED) is 0.656. The largest absolute Gasteiger partial charge is 0.325 e. The molecule has 5 nitrogen and oxygen atoms in total. The van der Waals surface area contributed by atoms with Crippen molar-refractivity contribution in [1.29, 1.82) is 0 Å². The molecule has 0 radical (unpaired) electrons. The molecular formula is C19H19ClN4OS. The van der Waals surface area contributed by atoms with Crippen LogP contribution in [-0.2, 0) is 11.8 Å². The molecular weight excluding hydrogens is 368 g/mol. The van der Waals surface area contributed by atoms with Crippen LogP contribution in [0.25, 0.3) is 11.4 Å². The number of rotatable bonds is 5. The summed E-state index contributed by atoms with van der Waals surface area (Å²) >= 11 is 7.43. The summed E-state index contributed by atoms with van der Waals surface area (Å²) in [7, 11) is 1.90. The van der Waals surface area contributed by atoms with Gasteiger partial charge in [0.25, 0.3) is 0 Å². The highest BCUT2D eigenvalue weighted by Gasteiger charge is 2.13.